The maximum atomic E-state index is 11.5. The Kier molecular flexibility index (Phi) is 11.3. The molecule has 0 bridgehead atoms. The highest BCUT2D eigenvalue weighted by molar-refractivity contribution is 5.05. The molecule has 0 aliphatic carbocycles. The van der Waals surface area contributed by atoms with Crippen LogP contribution in [0.5, 0.6) is 0 Å². The maximum Gasteiger partial charge on any atom is 0.176 e. The Morgan fingerprint density at radius 1 is 0.732 bits per heavy atom. The van der Waals surface area contributed by atoms with Crippen LogP contribution in [0.2, 0.25) is 0 Å². The quantitative estimate of drug-likeness (QED) is 0.120. The number of hydrogen-bond donors (Lipinski definition) is 11. The van der Waals surface area contributed by atoms with Crippen LogP contribution in [0.3, 0.4) is 0 Å². The lowest BCUT2D eigenvalue weighted by Gasteiger charge is -2.49. The van der Waals surface area contributed by atoms with Crippen LogP contribution in [0.1, 0.15) is 5.69 Å². The second kappa shape index (κ2) is 14.3. The highest BCUT2D eigenvalue weighted by atomic mass is 16.7. The first kappa shape index (κ1) is 32.4. The van der Waals surface area contributed by atoms with Crippen LogP contribution >= 0.6 is 0 Å². The van der Waals surface area contributed by atoms with Gasteiger partial charge in [-0.1, -0.05) is 6.07 Å². The number of nitrogens with two attached hydrogens (primary N) is 2. The van der Waals surface area contributed by atoms with Gasteiger partial charge in [0.15, 0.2) is 18.9 Å². The summed E-state index contributed by atoms with van der Waals surface area (Å²) >= 11 is 0. The Labute approximate surface area is 235 Å². The lowest BCUT2D eigenvalue weighted by molar-refractivity contribution is -0.350. The summed E-state index contributed by atoms with van der Waals surface area (Å²) in [7, 11) is 0. The van der Waals surface area contributed by atoms with Crippen LogP contribution in [-0.2, 0) is 30.2 Å². The zero-order valence-corrected chi connectivity index (χ0v) is 22.0. The Bertz CT molecular complexity index is 936. The van der Waals surface area contributed by atoms with E-state index in [0.29, 0.717) is 5.69 Å². The second-order valence-electron chi connectivity index (χ2n) is 10.2. The predicted octanol–water partition coefficient (Wildman–Crippen LogP) is -6.45. The lowest BCUT2D eigenvalue weighted by Crippen LogP contribution is -2.70. The van der Waals surface area contributed by atoms with Crippen molar-refractivity contribution in [3.05, 3.63) is 30.1 Å². The van der Waals surface area contributed by atoms with Crippen molar-refractivity contribution in [1.82, 2.24) is 10.3 Å². The van der Waals surface area contributed by atoms with E-state index < -0.39 is 112 Å². The van der Waals surface area contributed by atoms with Gasteiger partial charge in [-0.3, -0.25) is 4.98 Å². The van der Waals surface area contributed by atoms with Gasteiger partial charge in [0.05, 0.1) is 43.6 Å². The van der Waals surface area contributed by atoms with E-state index in [1.54, 1.807) is 24.4 Å². The molecule has 15 atom stereocenters. The molecule has 0 spiro atoms. The van der Waals surface area contributed by atoms with E-state index in [0.717, 1.165) is 0 Å². The minimum Gasteiger partial charge on any atom is -0.394 e. The Morgan fingerprint density at radius 3 is 1.98 bits per heavy atom. The van der Waals surface area contributed by atoms with Crippen molar-refractivity contribution >= 4 is 0 Å². The summed E-state index contributed by atoms with van der Waals surface area (Å²) in [5.41, 5.74) is 12.4. The maximum absolute atomic E-state index is 11.5. The molecule has 1 aromatic heterocycles. The summed E-state index contributed by atoms with van der Waals surface area (Å²) in [6.07, 6.45) is -15.3. The normalized spacial score (nSPS) is 45.5. The van der Waals surface area contributed by atoms with E-state index in [4.69, 9.17) is 35.2 Å². The van der Waals surface area contributed by atoms with E-state index in [9.17, 15) is 40.9 Å². The fourth-order valence-electron chi connectivity index (χ4n) is 5.10. The fourth-order valence-corrected chi connectivity index (χ4v) is 5.10. The van der Waals surface area contributed by atoms with E-state index in [1.165, 1.54) is 0 Å². The molecule has 0 amide bonds. The molecule has 3 saturated heterocycles. The van der Waals surface area contributed by atoms with Gasteiger partial charge in [-0.15, -0.1) is 0 Å². The molecule has 0 aromatic carbocycles. The third-order valence-electron chi connectivity index (χ3n) is 7.53. The number of aliphatic hydroxyl groups is 8. The van der Waals surface area contributed by atoms with Gasteiger partial charge in [0.1, 0.15) is 54.9 Å². The first-order valence-electron chi connectivity index (χ1n) is 13.3. The van der Waals surface area contributed by atoms with Gasteiger partial charge in [-0.2, -0.15) is 0 Å². The third-order valence-corrected chi connectivity index (χ3v) is 7.53. The van der Waals surface area contributed by atoms with Crippen LogP contribution in [0.15, 0.2) is 24.4 Å². The number of aromatic nitrogens is 1. The number of hydrogen-bond acceptors (Lipinski definition) is 17. The van der Waals surface area contributed by atoms with E-state index in [1.807, 2.05) is 0 Å². The molecule has 17 nitrogen and oxygen atoms in total. The number of pyridine rings is 1. The number of nitrogens with zero attached hydrogens (tertiary/aromatic N) is 1. The lowest BCUT2D eigenvalue weighted by atomic mass is 9.94. The smallest absolute Gasteiger partial charge is 0.176 e. The molecule has 41 heavy (non-hydrogen) atoms. The monoisotopic (exact) mass is 592 g/mol. The molecule has 0 saturated carbocycles. The van der Waals surface area contributed by atoms with Gasteiger partial charge < -0.3 is 81.3 Å². The Hall–Kier alpha value is -1.49. The van der Waals surface area contributed by atoms with Crippen LogP contribution in [0.4, 0.5) is 0 Å². The summed E-state index contributed by atoms with van der Waals surface area (Å²) in [4.78, 5) is 4.23. The molecule has 17 heteroatoms. The van der Waals surface area contributed by atoms with Crippen LogP contribution in [0.25, 0.3) is 0 Å². The standard InChI is InChI=1S/C24H40N4O13/c25-13-18(34)20(11(7-30)37-22(13)36)41-24-15(28-5-9-3-1-2-4-27-9)19(35)21(12(8-31)39-24)40-23-14(26)17(33)16(32)10(6-29)38-23/h1-4,10-24,28-36H,5-8,25-26H2/t10-,11-,12-,13-,14-,15-,16-,17-,18-,19-,20?,21?,22-,23+,24+/m1/s1. The van der Waals surface area contributed by atoms with Gasteiger partial charge >= 0.3 is 0 Å². The molecule has 0 radical (unpaired) electrons. The van der Waals surface area contributed by atoms with Crippen molar-refractivity contribution in [2.75, 3.05) is 19.8 Å². The number of rotatable bonds is 10. The van der Waals surface area contributed by atoms with Crippen molar-refractivity contribution in [2.24, 2.45) is 11.5 Å². The highest BCUT2D eigenvalue weighted by Gasteiger charge is 2.53. The molecule has 3 fully saturated rings. The number of ether oxygens (including phenoxy) is 5. The molecule has 4 rings (SSSR count). The van der Waals surface area contributed by atoms with Gasteiger partial charge in [0, 0.05) is 12.7 Å². The third kappa shape index (κ3) is 7.02. The first-order valence-corrected chi connectivity index (χ1v) is 13.3. The zero-order chi connectivity index (χ0) is 29.8. The van der Waals surface area contributed by atoms with Crippen LogP contribution in [-0.4, -0.2) is 158 Å². The highest BCUT2D eigenvalue weighted by Crippen LogP contribution is 2.32. The predicted molar refractivity (Wildman–Crippen MR) is 134 cm³/mol. The first-order chi connectivity index (χ1) is 19.6. The minimum atomic E-state index is -1.57. The van der Waals surface area contributed by atoms with Crippen molar-refractivity contribution in [3.8, 4) is 0 Å². The van der Waals surface area contributed by atoms with Crippen molar-refractivity contribution in [1.29, 1.82) is 0 Å². The van der Waals surface area contributed by atoms with E-state index >= 15 is 0 Å². The van der Waals surface area contributed by atoms with Gasteiger partial charge in [0.2, 0.25) is 0 Å². The van der Waals surface area contributed by atoms with E-state index in [2.05, 4.69) is 10.3 Å². The molecule has 3 aliphatic heterocycles. The van der Waals surface area contributed by atoms with E-state index in [-0.39, 0.29) is 6.54 Å². The van der Waals surface area contributed by atoms with Gasteiger partial charge in [-0.25, -0.2) is 0 Å². The Morgan fingerprint density at radius 2 is 1.34 bits per heavy atom. The minimum absolute atomic E-state index is 0.102. The average Bonchev–Trinajstić information content (AvgIpc) is 2.98. The van der Waals surface area contributed by atoms with Gasteiger partial charge in [0.25, 0.3) is 0 Å². The molecule has 13 N–H and O–H groups in total. The van der Waals surface area contributed by atoms with Crippen LogP contribution in [0, 0.1) is 0 Å². The molecule has 234 valence electrons. The number of nitrogens with one attached hydrogen (secondary N) is 1. The molecule has 2 unspecified atom stereocenters. The molecular formula is C24H40N4O13. The van der Waals surface area contributed by atoms with Crippen molar-refractivity contribution in [2.45, 2.75) is 98.5 Å². The summed E-state index contributed by atoms with van der Waals surface area (Å²) in [5, 5.41) is 85.1. The number of aliphatic hydroxyl groups excluding tert-OH is 8. The fraction of sp³-hybridized carbons (Fsp3) is 0.792. The zero-order valence-electron chi connectivity index (χ0n) is 22.0. The van der Waals surface area contributed by atoms with Crippen molar-refractivity contribution in [3.63, 3.8) is 0 Å². The molecule has 1 aromatic rings. The summed E-state index contributed by atoms with van der Waals surface area (Å²) in [5.74, 6) is 0. The Balaban J connectivity index is 1.58. The van der Waals surface area contributed by atoms with Crippen LogP contribution < -0.4 is 16.8 Å². The molecular weight excluding hydrogens is 552 g/mol. The average molecular weight is 593 g/mol. The summed E-state index contributed by atoms with van der Waals surface area (Å²) in [6.45, 7) is -1.91. The molecule has 4 heterocycles. The molecule has 3 aliphatic rings. The second-order valence-corrected chi connectivity index (χ2v) is 10.2. The summed E-state index contributed by atoms with van der Waals surface area (Å²) < 4.78 is 28.6. The topological polar surface area (TPSA) is 285 Å². The van der Waals surface area contributed by atoms with Gasteiger partial charge in [-0.05, 0) is 12.1 Å². The summed E-state index contributed by atoms with van der Waals surface area (Å²) in [6, 6.07) is 1.49. The SMILES string of the molecule is N[C@H]1[C@H](OC2[C@@H](CO)O[C@@H](OC3[C@@H](CO)O[C@@H](O)[C@H](N)[C@H]3O)[C@H](NCc3ccccn3)[C@H]2O)O[C@H](CO)[C@@H](O)[C@@H]1O. The largest absolute Gasteiger partial charge is 0.394 e. The van der Waals surface area contributed by atoms with Crippen molar-refractivity contribution < 1.29 is 64.5 Å².